The molecule has 0 bridgehead atoms. The summed E-state index contributed by atoms with van der Waals surface area (Å²) in [5, 5.41) is 16.7. The van der Waals surface area contributed by atoms with E-state index in [1.165, 1.54) is 12.5 Å². The summed E-state index contributed by atoms with van der Waals surface area (Å²) in [6, 6.07) is -3.26. The minimum atomic E-state index is -1.24. The van der Waals surface area contributed by atoms with E-state index < -0.39 is 54.3 Å². The Hall–Kier alpha value is -3.48. The predicted molar refractivity (Wildman–Crippen MR) is 113 cm³/mol. The molecule has 0 aromatic carbocycles. The Labute approximate surface area is 185 Å². The normalized spacial score (nSPS) is 14.5. The second-order valence-corrected chi connectivity index (χ2v) is 7.44. The minimum absolute atomic E-state index is 0.0124. The van der Waals surface area contributed by atoms with E-state index in [2.05, 4.69) is 25.9 Å². The van der Waals surface area contributed by atoms with Crippen molar-refractivity contribution in [2.24, 2.45) is 17.4 Å². The Morgan fingerprint density at radius 2 is 1.88 bits per heavy atom. The van der Waals surface area contributed by atoms with Gasteiger partial charge in [-0.3, -0.25) is 19.2 Å². The highest BCUT2D eigenvalue weighted by molar-refractivity contribution is 5.92. The molecule has 1 heterocycles. The van der Waals surface area contributed by atoms with E-state index in [0.717, 1.165) is 0 Å². The van der Waals surface area contributed by atoms with Crippen LogP contribution in [0.2, 0.25) is 0 Å². The van der Waals surface area contributed by atoms with Gasteiger partial charge in [-0.05, 0) is 12.3 Å². The minimum Gasteiger partial charge on any atom is -0.480 e. The van der Waals surface area contributed by atoms with Crippen LogP contribution >= 0.6 is 0 Å². The number of nitrogens with zero attached hydrogens (tertiary/aromatic N) is 1. The standard InChI is InChI=1S/C19H31N7O6/c1-3-10(2)16(18(30)25-13(19(31)32)6-11-7-22-9-24-11)26-15(28)8-23-17(29)12(20)4-5-14(21)27/h7,9-10,12-13,16H,3-6,8,20H2,1-2H3,(H2,21,27)(H,22,24)(H,23,29)(H,25,30)(H,26,28)(H,31,32). The van der Waals surface area contributed by atoms with Crippen molar-refractivity contribution in [2.45, 2.75) is 57.7 Å². The summed E-state index contributed by atoms with van der Waals surface area (Å²) in [4.78, 5) is 65.9. The molecule has 13 heteroatoms. The molecule has 0 radical (unpaired) electrons. The largest absolute Gasteiger partial charge is 0.480 e. The first kappa shape index (κ1) is 26.6. The van der Waals surface area contributed by atoms with Crippen LogP contribution in [0.4, 0.5) is 0 Å². The zero-order chi connectivity index (χ0) is 24.3. The van der Waals surface area contributed by atoms with Crippen LogP contribution in [-0.4, -0.2) is 69.3 Å². The van der Waals surface area contributed by atoms with E-state index in [4.69, 9.17) is 11.5 Å². The molecular weight excluding hydrogens is 422 g/mol. The summed E-state index contributed by atoms with van der Waals surface area (Å²) < 4.78 is 0. The second-order valence-electron chi connectivity index (χ2n) is 7.44. The number of primary amides is 1. The molecule has 0 fully saturated rings. The Balaban J connectivity index is 2.69. The molecule has 13 nitrogen and oxygen atoms in total. The molecule has 1 aromatic heterocycles. The van der Waals surface area contributed by atoms with Crippen LogP contribution in [-0.2, 0) is 30.4 Å². The number of aliphatic carboxylic acids is 1. The lowest BCUT2D eigenvalue weighted by Gasteiger charge is -2.25. The molecule has 1 aromatic rings. The van der Waals surface area contributed by atoms with Crippen LogP contribution in [0.1, 0.15) is 38.8 Å². The van der Waals surface area contributed by atoms with E-state index >= 15 is 0 Å². The SMILES string of the molecule is CCC(C)C(NC(=O)CNC(=O)C(N)CCC(N)=O)C(=O)NC(Cc1cnc[nH]1)C(=O)O. The van der Waals surface area contributed by atoms with Gasteiger partial charge < -0.3 is 37.5 Å². The third-order valence-electron chi connectivity index (χ3n) is 4.87. The van der Waals surface area contributed by atoms with Gasteiger partial charge in [0.05, 0.1) is 18.9 Å². The number of aromatic nitrogens is 2. The highest BCUT2D eigenvalue weighted by Crippen LogP contribution is 2.09. The average Bonchev–Trinajstić information content (AvgIpc) is 3.25. The fourth-order valence-electron chi connectivity index (χ4n) is 2.73. The number of nitrogens with one attached hydrogen (secondary N) is 4. The summed E-state index contributed by atoms with van der Waals surface area (Å²) >= 11 is 0. The number of H-pyrrole nitrogens is 1. The van der Waals surface area contributed by atoms with Gasteiger partial charge >= 0.3 is 5.97 Å². The predicted octanol–water partition coefficient (Wildman–Crippen LogP) is -2.24. The van der Waals surface area contributed by atoms with Crippen molar-refractivity contribution in [2.75, 3.05) is 6.54 Å². The van der Waals surface area contributed by atoms with Gasteiger partial charge in [-0.25, -0.2) is 9.78 Å². The van der Waals surface area contributed by atoms with Crippen LogP contribution in [0, 0.1) is 5.92 Å². The molecule has 4 unspecified atom stereocenters. The van der Waals surface area contributed by atoms with Crippen molar-refractivity contribution >= 4 is 29.6 Å². The number of nitrogens with two attached hydrogens (primary N) is 2. The van der Waals surface area contributed by atoms with Gasteiger partial charge in [0.25, 0.3) is 0 Å². The molecule has 4 amide bonds. The van der Waals surface area contributed by atoms with Gasteiger partial charge in [-0.15, -0.1) is 0 Å². The number of aromatic amines is 1. The van der Waals surface area contributed by atoms with Crippen molar-refractivity contribution in [3.63, 3.8) is 0 Å². The lowest BCUT2D eigenvalue weighted by atomic mass is 9.97. The van der Waals surface area contributed by atoms with E-state index in [1.807, 2.05) is 6.92 Å². The first-order valence-electron chi connectivity index (χ1n) is 10.2. The molecule has 9 N–H and O–H groups in total. The second kappa shape index (κ2) is 13.0. The maximum Gasteiger partial charge on any atom is 0.326 e. The Bertz CT molecular complexity index is 798. The molecule has 0 saturated heterocycles. The van der Waals surface area contributed by atoms with E-state index in [0.29, 0.717) is 12.1 Å². The summed E-state index contributed by atoms with van der Waals surface area (Å²) in [7, 11) is 0. The topological polar surface area (TPSA) is 222 Å². The van der Waals surface area contributed by atoms with Gasteiger partial charge in [0.1, 0.15) is 12.1 Å². The summed E-state index contributed by atoms with van der Waals surface area (Å²) in [5.74, 6) is -4.10. The summed E-state index contributed by atoms with van der Waals surface area (Å²) in [6.45, 7) is 3.10. The molecule has 0 aliphatic carbocycles. The average molecular weight is 454 g/mol. The maximum absolute atomic E-state index is 12.8. The first-order chi connectivity index (χ1) is 15.0. The van der Waals surface area contributed by atoms with Crippen molar-refractivity contribution in [3.8, 4) is 0 Å². The third-order valence-corrected chi connectivity index (χ3v) is 4.87. The number of carboxylic acid groups (broad SMARTS) is 1. The van der Waals surface area contributed by atoms with Crippen LogP contribution in [0.25, 0.3) is 0 Å². The van der Waals surface area contributed by atoms with E-state index in [9.17, 15) is 29.1 Å². The molecular formula is C19H31N7O6. The molecule has 32 heavy (non-hydrogen) atoms. The van der Waals surface area contributed by atoms with E-state index in [1.54, 1.807) is 6.92 Å². The van der Waals surface area contributed by atoms with Gasteiger partial charge in [0, 0.05) is 24.7 Å². The van der Waals surface area contributed by atoms with Crippen LogP contribution < -0.4 is 27.4 Å². The highest BCUT2D eigenvalue weighted by atomic mass is 16.4. The van der Waals surface area contributed by atoms with Gasteiger partial charge in [-0.2, -0.15) is 0 Å². The zero-order valence-electron chi connectivity index (χ0n) is 18.1. The van der Waals surface area contributed by atoms with Crippen molar-refractivity contribution in [1.82, 2.24) is 25.9 Å². The van der Waals surface area contributed by atoms with Gasteiger partial charge in [0.15, 0.2) is 0 Å². The number of rotatable bonds is 14. The molecule has 0 spiro atoms. The fraction of sp³-hybridized carbons (Fsp3) is 0.579. The zero-order valence-corrected chi connectivity index (χ0v) is 18.1. The lowest BCUT2D eigenvalue weighted by molar-refractivity contribution is -0.142. The number of hydrogen-bond acceptors (Lipinski definition) is 7. The number of amides is 4. The number of carbonyl (C=O) groups excluding carboxylic acids is 4. The van der Waals surface area contributed by atoms with Crippen LogP contribution in [0.5, 0.6) is 0 Å². The smallest absolute Gasteiger partial charge is 0.326 e. The number of carbonyl (C=O) groups is 5. The number of carboxylic acids is 1. The van der Waals surface area contributed by atoms with Gasteiger partial charge in [0.2, 0.25) is 23.6 Å². The fourth-order valence-corrected chi connectivity index (χ4v) is 2.73. The molecule has 0 aliphatic heterocycles. The van der Waals surface area contributed by atoms with Crippen molar-refractivity contribution < 1.29 is 29.1 Å². The maximum atomic E-state index is 12.8. The van der Waals surface area contributed by atoms with Gasteiger partial charge in [-0.1, -0.05) is 20.3 Å². The Kier molecular flexibility index (Phi) is 10.8. The highest BCUT2D eigenvalue weighted by Gasteiger charge is 2.30. The van der Waals surface area contributed by atoms with Crippen LogP contribution in [0.3, 0.4) is 0 Å². The molecule has 0 saturated carbocycles. The Morgan fingerprint density at radius 1 is 1.19 bits per heavy atom. The number of imidazole rings is 1. The van der Waals surface area contributed by atoms with Crippen molar-refractivity contribution in [3.05, 3.63) is 18.2 Å². The van der Waals surface area contributed by atoms with E-state index in [-0.39, 0.29) is 25.2 Å². The quantitative estimate of drug-likeness (QED) is 0.163. The molecule has 178 valence electrons. The molecule has 1 rings (SSSR count). The number of hydrogen-bond donors (Lipinski definition) is 7. The van der Waals surface area contributed by atoms with Crippen molar-refractivity contribution in [1.29, 1.82) is 0 Å². The monoisotopic (exact) mass is 453 g/mol. The lowest BCUT2D eigenvalue weighted by Crippen LogP contribution is -2.56. The summed E-state index contributed by atoms with van der Waals surface area (Å²) in [6.07, 6.45) is 3.33. The summed E-state index contributed by atoms with van der Waals surface area (Å²) in [5.41, 5.74) is 11.2. The van der Waals surface area contributed by atoms with Crippen LogP contribution in [0.15, 0.2) is 12.5 Å². The first-order valence-corrected chi connectivity index (χ1v) is 10.2. The molecule has 4 atom stereocenters. The Morgan fingerprint density at radius 3 is 2.41 bits per heavy atom. The molecule has 0 aliphatic rings. The third kappa shape index (κ3) is 9.12.